The summed E-state index contributed by atoms with van der Waals surface area (Å²) in [4.78, 5) is 18.2. The molecular weight excluding hydrogens is 252 g/mol. The summed E-state index contributed by atoms with van der Waals surface area (Å²) >= 11 is 0. The lowest BCUT2D eigenvalue weighted by Gasteiger charge is -2.02. The number of aryl methyl sites for hydroxylation is 1. The molecule has 3 aromatic rings. The molecule has 0 unspecified atom stereocenters. The molecule has 0 saturated carbocycles. The maximum Gasteiger partial charge on any atom is 0.327 e. The Bertz CT molecular complexity index is 836. The average Bonchev–Trinajstić information content (AvgIpc) is 2.68. The molecule has 0 saturated heterocycles. The van der Waals surface area contributed by atoms with E-state index in [-0.39, 0.29) is 5.69 Å². The lowest BCUT2D eigenvalue weighted by molar-refractivity contribution is 0.509. The number of aromatic amines is 1. The van der Waals surface area contributed by atoms with Crippen LogP contribution in [0.2, 0.25) is 0 Å². The van der Waals surface area contributed by atoms with Gasteiger partial charge in [0.2, 0.25) is 0 Å². The van der Waals surface area contributed by atoms with Gasteiger partial charge in [0.05, 0.1) is 5.52 Å². The number of hydrogen-bond donors (Lipinski definition) is 1. The molecule has 0 aliphatic heterocycles. The number of nitrogens with zero attached hydrogens (tertiary/aromatic N) is 2. The van der Waals surface area contributed by atoms with Gasteiger partial charge in [-0.1, -0.05) is 6.07 Å². The summed E-state index contributed by atoms with van der Waals surface area (Å²) in [5.41, 5.74) is 1.89. The van der Waals surface area contributed by atoms with Gasteiger partial charge in [-0.15, -0.1) is 0 Å². The van der Waals surface area contributed by atoms with Crippen molar-refractivity contribution in [3.8, 4) is 11.1 Å². The van der Waals surface area contributed by atoms with E-state index in [1.54, 1.807) is 13.1 Å². The maximum absolute atomic E-state index is 13.2. The molecule has 0 radical (unpaired) electrons. The molecule has 0 amide bonds. The number of halogens is 2. The van der Waals surface area contributed by atoms with Gasteiger partial charge in [0, 0.05) is 18.8 Å². The third-order valence-corrected chi connectivity index (χ3v) is 2.98. The van der Waals surface area contributed by atoms with E-state index in [4.69, 9.17) is 0 Å². The van der Waals surface area contributed by atoms with Crippen molar-refractivity contribution in [3.63, 3.8) is 0 Å². The Balaban J connectivity index is 2.20. The molecule has 0 spiro atoms. The molecule has 1 aromatic carbocycles. The highest BCUT2D eigenvalue weighted by atomic mass is 19.2. The standard InChI is InChI=1S/C13H9F2N3O/c1-18-12-11(17-13(18)19)5-8(6-16-12)7-2-3-9(14)10(15)4-7/h2-6H,1H3,(H,17,19). The van der Waals surface area contributed by atoms with Crippen LogP contribution in [0.5, 0.6) is 0 Å². The van der Waals surface area contributed by atoms with Gasteiger partial charge < -0.3 is 4.98 Å². The van der Waals surface area contributed by atoms with Crippen LogP contribution < -0.4 is 5.69 Å². The van der Waals surface area contributed by atoms with Gasteiger partial charge in [-0.05, 0) is 23.8 Å². The average molecular weight is 261 g/mol. The minimum Gasteiger partial charge on any atom is -0.304 e. The number of H-pyrrole nitrogens is 1. The predicted molar refractivity (Wildman–Crippen MR) is 66.7 cm³/mol. The second kappa shape index (κ2) is 4.01. The summed E-state index contributed by atoms with van der Waals surface area (Å²) in [7, 11) is 1.60. The molecule has 0 fully saturated rings. The van der Waals surface area contributed by atoms with Gasteiger partial charge in [0.25, 0.3) is 0 Å². The van der Waals surface area contributed by atoms with Crippen molar-refractivity contribution in [1.29, 1.82) is 0 Å². The van der Waals surface area contributed by atoms with Gasteiger partial charge in [-0.3, -0.25) is 4.57 Å². The van der Waals surface area contributed by atoms with Gasteiger partial charge in [-0.2, -0.15) is 0 Å². The van der Waals surface area contributed by atoms with Gasteiger partial charge in [-0.25, -0.2) is 18.6 Å². The Kier molecular flexibility index (Phi) is 2.45. The van der Waals surface area contributed by atoms with E-state index in [0.29, 0.717) is 22.3 Å². The van der Waals surface area contributed by atoms with E-state index in [1.807, 2.05) is 0 Å². The van der Waals surface area contributed by atoms with Crippen LogP contribution in [0.15, 0.2) is 35.3 Å². The quantitative estimate of drug-likeness (QED) is 0.730. The van der Waals surface area contributed by atoms with Crippen molar-refractivity contribution >= 4 is 11.2 Å². The van der Waals surface area contributed by atoms with Crippen LogP contribution in [0.1, 0.15) is 0 Å². The van der Waals surface area contributed by atoms with E-state index in [0.717, 1.165) is 12.1 Å². The summed E-state index contributed by atoms with van der Waals surface area (Å²) in [6.07, 6.45) is 1.52. The Morgan fingerprint density at radius 1 is 1.16 bits per heavy atom. The zero-order chi connectivity index (χ0) is 13.6. The van der Waals surface area contributed by atoms with Crippen molar-refractivity contribution in [2.75, 3.05) is 0 Å². The molecule has 3 rings (SSSR count). The number of fused-ring (bicyclic) bond motifs is 1. The van der Waals surface area contributed by atoms with E-state index in [2.05, 4.69) is 9.97 Å². The van der Waals surface area contributed by atoms with E-state index in [1.165, 1.54) is 16.8 Å². The molecule has 0 aliphatic carbocycles. The lowest BCUT2D eigenvalue weighted by atomic mass is 10.1. The summed E-state index contributed by atoms with van der Waals surface area (Å²) < 4.78 is 27.5. The first-order chi connectivity index (χ1) is 9.06. The summed E-state index contributed by atoms with van der Waals surface area (Å²) in [6, 6.07) is 5.29. The molecule has 0 aliphatic rings. The van der Waals surface area contributed by atoms with E-state index in [9.17, 15) is 13.6 Å². The first-order valence-electron chi connectivity index (χ1n) is 5.56. The number of nitrogens with one attached hydrogen (secondary N) is 1. The first-order valence-corrected chi connectivity index (χ1v) is 5.56. The predicted octanol–water partition coefficient (Wildman–Crippen LogP) is 2.21. The molecule has 6 heteroatoms. The smallest absolute Gasteiger partial charge is 0.304 e. The summed E-state index contributed by atoms with van der Waals surface area (Å²) in [5.74, 6) is -1.81. The van der Waals surface area contributed by atoms with Crippen molar-refractivity contribution in [1.82, 2.24) is 14.5 Å². The first kappa shape index (κ1) is 11.6. The SMILES string of the molecule is Cn1c(=O)[nH]c2cc(-c3ccc(F)c(F)c3)cnc21. The van der Waals surface area contributed by atoms with Crippen LogP contribution in [-0.4, -0.2) is 14.5 Å². The van der Waals surface area contributed by atoms with Gasteiger partial charge in [0.15, 0.2) is 17.3 Å². The second-order valence-corrected chi connectivity index (χ2v) is 4.21. The van der Waals surface area contributed by atoms with Crippen molar-refractivity contribution < 1.29 is 8.78 Å². The van der Waals surface area contributed by atoms with Crippen LogP contribution in [0, 0.1) is 11.6 Å². The molecule has 1 N–H and O–H groups in total. The van der Waals surface area contributed by atoms with Gasteiger partial charge >= 0.3 is 5.69 Å². The largest absolute Gasteiger partial charge is 0.327 e. The topological polar surface area (TPSA) is 50.7 Å². The van der Waals surface area contributed by atoms with Crippen LogP contribution in [0.25, 0.3) is 22.3 Å². The molecule has 19 heavy (non-hydrogen) atoms. The highest BCUT2D eigenvalue weighted by molar-refractivity contribution is 5.78. The number of rotatable bonds is 1. The normalized spacial score (nSPS) is 11.1. The Morgan fingerprint density at radius 2 is 1.95 bits per heavy atom. The highest BCUT2D eigenvalue weighted by Crippen LogP contribution is 2.22. The van der Waals surface area contributed by atoms with Crippen LogP contribution >= 0.6 is 0 Å². The highest BCUT2D eigenvalue weighted by Gasteiger charge is 2.08. The Labute approximate surface area is 106 Å². The number of pyridine rings is 1. The fourth-order valence-corrected chi connectivity index (χ4v) is 1.95. The molecule has 2 aromatic heterocycles. The number of aromatic nitrogens is 3. The minimum atomic E-state index is -0.917. The van der Waals surface area contributed by atoms with E-state index >= 15 is 0 Å². The van der Waals surface area contributed by atoms with Gasteiger partial charge in [0.1, 0.15) is 0 Å². The third-order valence-electron chi connectivity index (χ3n) is 2.98. The van der Waals surface area contributed by atoms with Crippen molar-refractivity contribution in [3.05, 3.63) is 52.6 Å². The van der Waals surface area contributed by atoms with Crippen LogP contribution in [-0.2, 0) is 7.05 Å². The fourth-order valence-electron chi connectivity index (χ4n) is 1.95. The van der Waals surface area contributed by atoms with Crippen LogP contribution in [0.4, 0.5) is 8.78 Å². The number of imidazole rings is 1. The van der Waals surface area contributed by atoms with Crippen LogP contribution in [0.3, 0.4) is 0 Å². The molecule has 96 valence electrons. The zero-order valence-electron chi connectivity index (χ0n) is 9.95. The molecule has 2 heterocycles. The maximum atomic E-state index is 13.2. The zero-order valence-corrected chi connectivity index (χ0v) is 9.95. The molecular formula is C13H9F2N3O. The summed E-state index contributed by atoms with van der Waals surface area (Å²) in [5, 5.41) is 0. The Hall–Kier alpha value is -2.50. The fraction of sp³-hybridized carbons (Fsp3) is 0.0769. The lowest BCUT2D eigenvalue weighted by Crippen LogP contribution is -2.12. The van der Waals surface area contributed by atoms with E-state index < -0.39 is 11.6 Å². The molecule has 4 nitrogen and oxygen atoms in total. The Morgan fingerprint density at radius 3 is 2.68 bits per heavy atom. The number of hydrogen-bond acceptors (Lipinski definition) is 2. The minimum absolute atomic E-state index is 0.273. The number of benzene rings is 1. The molecule has 0 bridgehead atoms. The second-order valence-electron chi connectivity index (χ2n) is 4.21. The monoisotopic (exact) mass is 261 g/mol. The van der Waals surface area contributed by atoms with Crippen molar-refractivity contribution in [2.24, 2.45) is 7.05 Å². The summed E-state index contributed by atoms with van der Waals surface area (Å²) in [6.45, 7) is 0. The molecule has 0 atom stereocenters. The third kappa shape index (κ3) is 1.81. The van der Waals surface area contributed by atoms with Crippen molar-refractivity contribution in [2.45, 2.75) is 0 Å².